The van der Waals surface area contributed by atoms with Crippen molar-refractivity contribution in [1.29, 1.82) is 0 Å². The third-order valence-electron chi connectivity index (χ3n) is 4.43. The highest BCUT2D eigenvalue weighted by Gasteiger charge is 2.42. The van der Waals surface area contributed by atoms with Crippen LogP contribution in [0.5, 0.6) is 0 Å². The van der Waals surface area contributed by atoms with E-state index >= 15 is 0 Å². The van der Waals surface area contributed by atoms with Crippen LogP contribution in [-0.4, -0.2) is 23.9 Å². The van der Waals surface area contributed by atoms with E-state index in [0.29, 0.717) is 29.6 Å². The molecule has 1 aromatic rings. The van der Waals surface area contributed by atoms with E-state index in [1.807, 2.05) is 0 Å². The van der Waals surface area contributed by atoms with Gasteiger partial charge in [-0.15, -0.1) is 0 Å². The minimum atomic E-state index is 0.350. The number of nitrogens with zero attached hydrogens (tertiary/aromatic N) is 1. The van der Waals surface area contributed by atoms with Crippen LogP contribution in [0.4, 0.5) is 0 Å². The zero-order valence-electron chi connectivity index (χ0n) is 12.6. The third-order valence-corrected chi connectivity index (χ3v) is 4.43. The molecule has 2 nitrogen and oxygen atoms in total. The first kappa shape index (κ1) is 13.7. The van der Waals surface area contributed by atoms with E-state index < -0.39 is 0 Å². The van der Waals surface area contributed by atoms with Crippen LogP contribution < -0.4 is 0 Å². The van der Waals surface area contributed by atoms with E-state index in [2.05, 4.69) is 49.1 Å². The van der Waals surface area contributed by atoms with Gasteiger partial charge in [-0.2, -0.15) is 0 Å². The molecule has 3 rings (SSSR count). The second-order valence-corrected chi connectivity index (χ2v) is 6.92. The maximum Gasteiger partial charge on any atom is 0.225 e. The molecule has 0 aliphatic heterocycles. The van der Waals surface area contributed by atoms with Crippen LogP contribution in [0.3, 0.4) is 0 Å². The zero-order valence-corrected chi connectivity index (χ0v) is 12.6. The Balaban J connectivity index is 1.59. The van der Waals surface area contributed by atoms with Crippen molar-refractivity contribution >= 4 is 5.91 Å². The molecule has 0 bridgehead atoms. The number of rotatable bonds is 6. The Morgan fingerprint density at radius 2 is 1.95 bits per heavy atom. The summed E-state index contributed by atoms with van der Waals surface area (Å²) in [6.07, 6.45) is 3.47. The number of carbonyl (C=O) groups excluding carboxylic acids is 1. The van der Waals surface area contributed by atoms with Gasteiger partial charge in [-0.3, -0.25) is 4.79 Å². The van der Waals surface area contributed by atoms with Crippen molar-refractivity contribution in [2.45, 2.75) is 39.0 Å². The molecule has 2 aliphatic rings. The molecule has 1 aromatic carbocycles. The summed E-state index contributed by atoms with van der Waals surface area (Å²) >= 11 is 0. The Morgan fingerprint density at radius 3 is 2.55 bits per heavy atom. The van der Waals surface area contributed by atoms with Gasteiger partial charge in [0.15, 0.2) is 0 Å². The lowest BCUT2D eigenvalue weighted by molar-refractivity contribution is -0.133. The smallest absolute Gasteiger partial charge is 0.225 e. The Hall–Kier alpha value is -1.31. The topological polar surface area (TPSA) is 20.3 Å². The van der Waals surface area contributed by atoms with E-state index in [9.17, 15) is 4.79 Å². The van der Waals surface area contributed by atoms with Crippen LogP contribution in [-0.2, 0) is 4.79 Å². The van der Waals surface area contributed by atoms with Gasteiger partial charge in [-0.25, -0.2) is 0 Å². The van der Waals surface area contributed by atoms with Crippen molar-refractivity contribution in [3.05, 3.63) is 35.9 Å². The van der Waals surface area contributed by atoms with E-state index in [-0.39, 0.29) is 0 Å². The molecule has 2 saturated carbocycles. The van der Waals surface area contributed by atoms with E-state index in [1.165, 1.54) is 12.0 Å². The Morgan fingerprint density at radius 1 is 1.25 bits per heavy atom. The lowest BCUT2D eigenvalue weighted by Crippen LogP contribution is -2.37. The molecule has 2 unspecified atom stereocenters. The van der Waals surface area contributed by atoms with Crippen molar-refractivity contribution in [3.8, 4) is 0 Å². The van der Waals surface area contributed by atoms with E-state index in [1.54, 1.807) is 0 Å². The molecule has 2 fully saturated rings. The van der Waals surface area contributed by atoms with Crippen LogP contribution in [0, 0.1) is 17.8 Å². The van der Waals surface area contributed by atoms with Crippen molar-refractivity contribution < 1.29 is 4.79 Å². The number of carbonyl (C=O) groups is 1. The molecule has 0 aromatic heterocycles. The molecular weight excluding hydrogens is 246 g/mol. The van der Waals surface area contributed by atoms with Crippen LogP contribution in [0.1, 0.15) is 44.6 Å². The molecule has 0 spiro atoms. The molecule has 20 heavy (non-hydrogen) atoms. The average Bonchev–Trinajstić information content (AvgIpc) is 3.32. The molecule has 0 radical (unpaired) electrons. The molecule has 0 N–H and O–H groups in total. The van der Waals surface area contributed by atoms with Crippen molar-refractivity contribution in [1.82, 2.24) is 4.90 Å². The van der Waals surface area contributed by atoms with Gasteiger partial charge in [-0.05, 0) is 42.6 Å². The van der Waals surface area contributed by atoms with Gasteiger partial charge in [0, 0.05) is 19.0 Å². The summed E-state index contributed by atoms with van der Waals surface area (Å²) in [6.45, 7) is 6.30. The fourth-order valence-electron chi connectivity index (χ4n) is 3.12. The molecule has 1 amide bonds. The summed E-state index contributed by atoms with van der Waals surface area (Å²) in [5.74, 6) is 2.68. The molecule has 108 valence electrons. The molecule has 0 heterocycles. The second kappa shape index (κ2) is 5.59. The Labute approximate surface area is 122 Å². The number of hydrogen-bond acceptors (Lipinski definition) is 1. The van der Waals surface area contributed by atoms with Crippen molar-refractivity contribution in [2.24, 2.45) is 17.8 Å². The van der Waals surface area contributed by atoms with Crippen molar-refractivity contribution in [2.75, 3.05) is 13.1 Å². The molecule has 0 saturated heterocycles. The van der Waals surface area contributed by atoms with Gasteiger partial charge in [0.1, 0.15) is 0 Å². The maximum atomic E-state index is 12.4. The zero-order chi connectivity index (χ0) is 14.1. The fraction of sp³-hybridized carbons (Fsp3) is 0.611. The van der Waals surface area contributed by atoms with Gasteiger partial charge >= 0.3 is 0 Å². The van der Waals surface area contributed by atoms with Crippen LogP contribution in [0.25, 0.3) is 0 Å². The molecule has 2 heteroatoms. The lowest BCUT2D eigenvalue weighted by atomic mass is 10.1. The normalized spacial score (nSPS) is 24.8. The van der Waals surface area contributed by atoms with Gasteiger partial charge in [0.25, 0.3) is 0 Å². The first-order valence-electron chi connectivity index (χ1n) is 7.99. The maximum absolute atomic E-state index is 12.4. The quantitative estimate of drug-likeness (QED) is 0.773. The van der Waals surface area contributed by atoms with E-state index in [4.69, 9.17) is 0 Å². The number of benzene rings is 1. The van der Waals surface area contributed by atoms with Crippen LogP contribution in [0.2, 0.25) is 0 Å². The van der Waals surface area contributed by atoms with Crippen LogP contribution in [0.15, 0.2) is 30.3 Å². The Bertz CT molecular complexity index is 464. The van der Waals surface area contributed by atoms with Gasteiger partial charge in [0.05, 0.1) is 0 Å². The minimum absolute atomic E-state index is 0.350. The van der Waals surface area contributed by atoms with Crippen molar-refractivity contribution in [3.63, 3.8) is 0 Å². The molecular formula is C18H25NO. The summed E-state index contributed by atoms with van der Waals surface area (Å²) in [5, 5.41) is 0. The van der Waals surface area contributed by atoms with E-state index in [0.717, 1.165) is 25.9 Å². The lowest BCUT2D eigenvalue weighted by Gasteiger charge is -2.25. The molecule has 2 atom stereocenters. The average molecular weight is 271 g/mol. The summed E-state index contributed by atoms with van der Waals surface area (Å²) in [7, 11) is 0. The number of hydrogen-bond donors (Lipinski definition) is 0. The summed E-state index contributed by atoms with van der Waals surface area (Å²) in [6, 6.07) is 10.8. The highest BCUT2D eigenvalue weighted by molar-refractivity contribution is 5.81. The SMILES string of the molecule is CC(C)CN(CC1CC1c1ccccc1)C(=O)C1CC1. The number of amides is 1. The minimum Gasteiger partial charge on any atom is -0.342 e. The predicted molar refractivity (Wildman–Crippen MR) is 81.4 cm³/mol. The first-order valence-corrected chi connectivity index (χ1v) is 7.99. The highest BCUT2D eigenvalue weighted by atomic mass is 16.2. The first-order chi connectivity index (χ1) is 9.65. The predicted octanol–water partition coefficient (Wildman–Crippen LogP) is 3.68. The summed E-state index contributed by atoms with van der Waals surface area (Å²) < 4.78 is 0. The standard InChI is InChI=1S/C18H25NO/c1-13(2)11-19(18(20)15-8-9-15)12-16-10-17(16)14-6-4-3-5-7-14/h3-7,13,15-17H,8-12H2,1-2H3. The summed E-state index contributed by atoms with van der Waals surface area (Å²) in [4.78, 5) is 14.5. The fourth-order valence-corrected chi connectivity index (χ4v) is 3.12. The highest BCUT2D eigenvalue weighted by Crippen LogP contribution is 2.48. The van der Waals surface area contributed by atoms with Gasteiger partial charge < -0.3 is 4.90 Å². The third kappa shape index (κ3) is 3.23. The molecule has 2 aliphatic carbocycles. The van der Waals surface area contributed by atoms with Gasteiger partial charge in [-0.1, -0.05) is 44.2 Å². The summed E-state index contributed by atoms with van der Waals surface area (Å²) in [5.41, 5.74) is 1.45. The largest absolute Gasteiger partial charge is 0.342 e. The Kier molecular flexibility index (Phi) is 3.82. The second-order valence-electron chi connectivity index (χ2n) is 6.92. The van der Waals surface area contributed by atoms with Gasteiger partial charge in [0.2, 0.25) is 5.91 Å². The monoisotopic (exact) mass is 271 g/mol. The van der Waals surface area contributed by atoms with Crippen LogP contribution >= 0.6 is 0 Å².